The lowest BCUT2D eigenvalue weighted by Crippen LogP contribution is -2.25. The number of H-pyrrole nitrogens is 1. The van der Waals surface area contributed by atoms with Crippen molar-refractivity contribution in [3.63, 3.8) is 0 Å². The molecule has 1 saturated heterocycles. The Labute approximate surface area is 163 Å². The molecule has 0 bridgehead atoms. The normalized spacial score (nSPS) is 18.4. The number of rotatable bonds is 6. The maximum absolute atomic E-state index is 12.4. The van der Waals surface area contributed by atoms with E-state index in [0.717, 1.165) is 37.7 Å². The fraction of sp³-hybridized carbons (Fsp3) is 0.529. The molecule has 0 radical (unpaired) electrons. The summed E-state index contributed by atoms with van der Waals surface area (Å²) in [6, 6.07) is 2.22. The first-order chi connectivity index (χ1) is 13.2. The van der Waals surface area contributed by atoms with Gasteiger partial charge in [0.2, 0.25) is 5.91 Å². The van der Waals surface area contributed by atoms with E-state index in [2.05, 4.69) is 21.6 Å². The zero-order valence-electron chi connectivity index (χ0n) is 14.6. The Kier molecular flexibility index (Phi) is 5.33. The minimum atomic E-state index is -0.296. The minimum absolute atomic E-state index is 0.0140. The Hall–Kier alpha value is -2.09. The predicted octanol–water partition coefficient (Wildman–Crippen LogP) is 1.90. The Morgan fingerprint density at radius 1 is 1.48 bits per heavy atom. The number of anilines is 1. The van der Waals surface area contributed by atoms with Crippen LogP contribution in [0.5, 0.6) is 0 Å². The second-order valence-corrected chi connectivity index (χ2v) is 8.61. The van der Waals surface area contributed by atoms with E-state index in [1.165, 1.54) is 32.5 Å². The number of amides is 1. The molecule has 4 rings (SSSR count). The summed E-state index contributed by atoms with van der Waals surface area (Å²) in [6.07, 6.45) is 4.88. The highest BCUT2D eigenvalue weighted by Gasteiger charge is 2.24. The number of nitriles is 1. The van der Waals surface area contributed by atoms with Crippen molar-refractivity contribution in [2.45, 2.75) is 49.9 Å². The molecule has 0 saturated carbocycles. The molecule has 2 aliphatic rings. The van der Waals surface area contributed by atoms with Crippen molar-refractivity contribution in [2.24, 2.45) is 0 Å². The molecule has 2 aromatic heterocycles. The number of nitrogens with zero attached hydrogens (tertiary/aromatic N) is 3. The van der Waals surface area contributed by atoms with Gasteiger partial charge in [-0.05, 0) is 37.7 Å². The molecule has 1 aliphatic heterocycles. The Morgan fingerprint density at radius 2 is 2.37 bits per heavy atom. The number of carbonyl (C=O) groups is 1. The molecule has 1 atom stereocenters. The first-order valence-electron chi connectivity index (χ1n) is 8.90. The third-order valence-corrected chi connectivity index (χ3v) is 6.94. The number of aryl methyl sites for hydroxylation is 1. The van der Waals surface area contributed by atoms with Crippen LogP contribution in [0.25, 0.3) is 0 Å². The van der Waals surface area contributed by atoms with Crippen LogP contribution < -0.4 is 11.0 Å². The second kappa shape index (κ2) is 7.88. The third kappa shape index (κ3) is 3.81. The minimum Gasteiger partial charge on any atom is -0.376 e. The van der Waals surface area contributed by atoms with Crippen molar-refractivity contribution in [1.82, 2.24) is 14.8 Å². The SMILES string of the molecule is N#Cc1c(NC(=O)CSc2n[nH]c(=O)n2C[C@@H]2CCCO2)sc2c1CCC2. The van der Waals surface area contributed by atoms with Gasteiger partial charge in [-0.2, -0.15) is 5.26 Å². The van der Waals surface area contributed by atoms with Gasteiger partial charge in [0, 0.05) is 11.5 Å². The first kappa shape index (κ1) is 18.3. The van der Waals surface area contributed by atoms with Crippen LogP contribution in [0.3, 0.4) is 0 Å². The number of thioether (sulfide) groups is 1. The van der Waals surface area contributed by atoms with Crippen LogP contribution in [0.15, 0.2) is 9.95 Å². The number of ether oxygens (including phenoxy) is 1. The van der Waals surface area contributed by atoms with Crippen molar-refractivity contribution < 1.29 is 9.53 Å². The van der Waals surface area contributed by atoms with Crippen molar-refractivity contribution in [3.05, 3.63) is 26.5 Å². The van der Waals surface area contributed by atoms with Crippen molar-refractivity contribution in [1.29, 1.82) is 5.26 Å². The molecule has 1 amide bonds. The zero-order valence-corrected chi connectivity index (χ0v) is 16.3. The second-order valence-electron chi connectivity index (χ2n) is 6.57. The number of carbonyl (C=O) groups excluding carboxylic acids is 1. The summed E-state index contributed by atoms with van der Waals surface area (Å²) in [5.41, 5.74) is 1.39. The van der Waals surface area contributed by atoms with Crippen LogP contribution in [-0.2, 0) is 28.9 Å². The molecule has 10 heteroatoms. The van der Waals surface area contributed by atoms with Crippen molar-refractivity contribution in [2.75, 3.05) is 17.7 Å². The van der Waals surface area contributed by atoms with Crippen LogP contribution in [0.1, 0.15) is 35.3 Å². The third-order valence-electron chi connectivity index (χ3n) is 4.75. The standard InChI is InChI=1S/C17H19N5O3S2/c18-7-12-11-4-1-5-13(11)27-15(12)19-14(23)9-26-17-21-20-16(24)22(17)8-10-3-2-6-25-10/h10H,1-6,8-9H2,(H,19,23)(H,20,24)/t10-/m0/s1. The average Bonchev–Trinajstić information content (AvgIpc) is 3.41. The maximum Gasteiger partial charge on any atom is 0.344 e. The van der Waals surface area contributed by atoms with Gasteiger partial charge in [0.25, 0.3) is 0 Å². The van der Waals surface area contributed by atoms with Crippen molar-refractivity contribution >= 4 is 34.0 Å². The smallest absolute Gasteiger partial charge is 0.344 e. The van der Waals surface area contributed by atoms with Gasteiger partial charge < -0.3 is 10.1 Å². The molecule has 0 unspecified atom stereocenters. The average molecular weight is 406 g/mol. The summed E-state index contributed by atoms with van der Waals surface area (Å²) in [4.78, 5) is 25.5. The van der Waals surface area contributed by atoms with Crippen LogP contribution in [0.2, 0.25) is 0 Å². The first-order valence-corrected chi connectivity index (χ1v) is 10.7. The zero-order chi connectivity index (χ0) is 18.8. The van der Waals surface area contributed by atoms with Crippen LogP contribution in [0, 0.1) is 11.3 Å². The highest BCUT2D eigenvalue weighted by atomic mass is 32.2. The number of fused-ring (bicyclic) bond motifs is 1. The quantitative estimate of drug-likeness (QED) is 0.710. The lowest BCUT2D eigenvalue weighted by Gasteiger charge is -2.10. The number of hydrogen-bond donors (Lipinski definition) is 2. The molecule has 27 heavy (non-hydrogen) atoms. The van der Waals surface area contributed by atoms with E-state index in [0.29, 0.717) is 28.9 Å². The number of hydrogen-bond acceptors (Lipinski definition) is 7. The molecule has 2 N–H and O–H groups in total. The van der Waals surface area contributed by atoms with E-state index in [9.17, 15) is 14.9 Å². The van der Waals surface area contributed by atoms with Crippen LogP contribution >= 0.6 is 23.1 Å². The Morgan fingerprint density at radius 3 is 3.15 bits per heavy atom. The monoisotopic (exact) mass is 405 g/mol. The predicted molar refractivity (Wildman–Crippen MR) is 102 cm³/mol. The summed E-state index contributed by atoms with van der Waals surface area (Å²) in [5.74, 6) is -0.0981. The fourth-order valence-corrected chi connectivity index (χ4v) is 5.48. The number of aromatic amines is 1. The molecule has 8 nitrogen and oxygen atoms in total. The van der Waals surface area contributed by atoms with Gasteiger partial charge in [-0.1, -0.05) is 11.8 Å². The number of aromatic nitrogens is 3. The molecular weight excluding hydrogens is 386 g/mol. The van der Waals surface area contributed by atoms with E-state index in [-0.39, 0.29) is 23.5 Å². The van der Waals surface area contributed by atoms with Crippen LogP contribution in [-0.4, -0.2) is 39.1 Å². The van der Waals surface area contributed by atoms with Crippen molar-refractivity contribution in [3.8, 4) is 6.07 Å². The summed E-state index contributed by atoms with van der Waals surface area (Å²) >= 11 is 2.69. The van der Waals surface area contributed by atoms with E-state index in [1.807, 2.05) is 0 Å². The molecule has 0 spiro atoms. The highest BCUT2D eigenvalue weighted by Crippen LogP contribution is 2.38. The van der Waals surface area contributed by atoms with E-state index < -0.39 is 0 Å². The molecule has 3 heterocycles. The summed E-state index contributed by atoms with van der Waals surface area (Å²) in [5, 5.41) is 19.8. The Bertz CT molecular complexity index is 949. The summed E-state index contributed by atoms with van der Waals surface area (Å²) in [7, 11) is 0. The Balaban J connectivity index is 1.39. The molecule has 2 aromatic rings. The van der Waals surface area contributed by atoms with E-state index in [4.69, 9.17) is 4.74 Å². The fourth-order valence-electron chi connectivity index (χ4n) is 3.47. The molecule has 1 fully saturated rings. The van der Waals surface area contributed by atoms with E-state index >= 15 is 0 Å². The molecular formula is C17H19N5O3S2. The van der Waals surface area contributed by atoms with Gasteiger partial charge >= 0.3 is 5.69 Å². The summed E-state index contributed by atoms with van der Waals surface area (Å²) < 4.78 is 7.10. The van der Waals surface area contributed by atoms with Gasteiger partial charge in [0.1, 0.15) is 11.1 Å². The largest absolute Gasteiger partial charge is 0.376 e. The lowest BCUT2D eigenvalue weighted by molar-refractivity contribution is -0.113. The lowest BCUT2D eigenvalue weighted by atomic mass is 10.1. The van der Waals surface area contributed by atoms with Gasteiger partial charge in [-0.15, -0.1) is 16.4 Å². The maximum atomic E-state index is 12.4. The molecule has 142 valence electrons. The molecule has 0 aromatic carbocycles. The number of nitrogens with one attached hydrogen (secondary N) is 2. The van der Waals surface area contributed by atoms with Crippen LogP contribution in [0.4, 0.5) is 5.00 Å². The summed E-state index contributed by atoms with van der Waals surface area (Å²) in [6.45, 7) is 1.16. The highest BCUT2D eigenvalue weighted by molar-refractivity contribution is 7.99. The number of thiophene rings is 1. The van der Waals surface area contributed by atoms with Gasteiger partial charge in [0.15, 0.2) is 5.16 Å². The van der Waals surface area contributed by atoms with Gasteiger partial charge in [0.05, 0.1) is 24.0 Å². The topological polar surface area (TPSA) is 113 Å². The van der Waals surface area contributed by atoms with E-state index in [1.54, 1.807) is 0 Å². The molecule has 1 aliphatic carbocycles. The van der Waals surface area contributed by atoms with Gasteiger partial charge in [-0.25, -0.2) is 9.89 Å². The van der Waals surface area contributed by atoms with Gasteiger partial charge in [-0.3, -0.25) is 9.36 Å².